The van der Waals surface area contributed by atoms with E-state index in [2.05, 4.69) is 93.6 Å². The average Bonchev–Trinajstić information content (AvgIpc) is 2.83. The summed E-state index contributed by atoms with van der Waals surface area (Å²) in [5.41, 5.74) is 2.38. The van der Waals surface area contributed by atoms with E-state index in [9.17, 15) is 0 Å². The minimum atomic E-state index is -0.611. The molecule has 5 rings (SSSR count). The van der Waals surface area contributed by atoms with Crippen molar-refractivity contribution in [3.8, 4) is 5.75 Å². The topological polar surface area (TPSA) is 18.5 Å². The fourth-order valence-electron chi connectivity index (χ4n) is 6.26. The second-order valence-corrected chi connectivity index (χ2v) is 12.6. The van der Waals surface area contributed by atoms with E-state index < -0.39 is 10.9 Å². The molecule has 4 unspecified atom stereocenters. The molecule has 0 saturated heterocycles. The van der Waals surface area contributed by atoms with Gasteiger partial charge >= 0.3 is 0 Å². The molecule has 3 heteroatoms. The highest BCUT2D eigenvalue weighted by Gasteiger charge is 2.36. The van der Waals surface area contributed by atoms with Crippen LogP contribution in [0.2, 0.25) is 0 Å². The highest BCUT2D eigenvalue weighted by molar-refractivity contribution is 8.17. The van der Waals surface area contributed by atoms with Crippen LogP contribution in [0.3, 0.4) is 0 Å². The largest absolute Gasteiger partial charge is 0.467 e. The summed E-state index contributed by atoms with van der Waals surface area (Å²) in [6.07, 6.45) is 6.96. The summed E-state index contributed by atoms with van der Waals surface area (Å²) in [6.45, 7) is 7.10. The number of benzene rings is 3. The number of hydrogen-bond donors (Lipinski definition) is 1. The molecule has 3 aromatic rings. The van der Waals surface area contributed by atoms with Crippen LogP contribution < -0.4 is 4.74 Å². The number of rotatable bonds is 7. The van der Waals surface area contributed by atoms with E-state index in [0.29, 0.717) is 12.9 Å². The summed E-state index contributed by atoms with van der Waals surface area (Å²) in [7, 11) is -0.611. The number of ether oxygens (including phenoxy) is 2. The standard InChI is InChI=1S/C31H38O2S/c1-22-16-25-14-15-30(26(17-22)20-25)32-21-33-31-23(2)18-29(19-24(31)3)34(27-10-6-4-7-11-27)28-12-8-5-9-13-28/h4-13,18-19,22,25-26,30,34H,14-17,20-21H2,1-3H3. The van der Waals surface area contributed by atoms with Gasteiger partial charge in [0.1, 0.15) is 5.75 Å². The second kappa shape index (κ2) is 10.6. The Kier molecular flexibility index (Phi) is 7.32. The first-order valence-corrected chi connectivity index (χ1v) is 14.2. The molecule has 2 nitrogen and oxygen atoms in total. The van der Waals surface area contributed by atoms with Crippen molar-refractivity contribution in [1.82, 2.24) is 0 Å². The SMILES string of the molecule is Cc1cc([SH](c2ccccc2)c2ccccc2)cc(C)c1OCOC1CCC2CC(C)CC1C2. The van der Waals surface area contributed by atoms with Crippen LogP contribution in [0.15, 0.2) is 87.5 Å². The molecule has 3 aromatic carbocycles. The lowest BCUT2D eigenvalue weighted by Crippen LogP contribution is -2.37. The van der Waals surface area contributed by atoms with Gasteiger partial charge in [0.2, 0.25) is 0 Å². The molecule has 2 saturated carbocycles. The Morgan fingerprint density at radius 1 is 0.765 bits per heavy atom. The van der Waals surface area contributed by atoms with Gasteiger partial charge in [-0.1, -0.05) is 43.3 Å². The lowest BCUT2D eigenvalue weighted by molar-refractivity contribution is -0.0962. The van der Waals surface area contributed by atoms with Gasteiger partial charge in [-0.15, -0.1) is 0 Å². The zero-order chi connectivity index (χ0) is 23.5. The molecule has 0 radical (unpaired) electrons. The summed E-state index contributed by atoms with van der Waals surface area (Å²) in [4.78, 5) is 4.11. The van der Waals surface area contributed by atoms with Crippen LogP contribution in [0.5, 0.6) is 5.75 Å². The lowest BCUT2D eigenvalue weighted by Gasteiger charge is -2.42. The van der Waals surface area contributed by atoms with Crippen molar-refractivity contribution in [3.05, 3.63) is 83.9 Å². The molecule has 4 atom stereocenters. The average molecular weight is 475 g/mol. The molecule has 180 valence electrons. The van der Waals surface area contributed by atoms with Crippen LogP contribution in [0.25, 0.3) is 0 Å². The molecule has 0 spiro atoms. The summed E-state index contributed by atoms with van der Waals surface area (Å²) in [5, 5.41) is 0. The van der Waals surface area contributed by atoms with E-state index in [1.165, 1.54) is 57.9 Å². The molecule has 2 aliphatic rings. The van der Waals surface area contributed by atoms with Crippen molar-refractivity contribution in [2.24, 2.45) is 17.8 Å². The van der Waals surface area contributed by atoms with Crippen LogP contribution in [-0.4, -0.2) is 12.9 Å². The molecule has 2 bridgehead atoms. The highest BCUT2D eigenvalue weighted by Crippen LogP contribution is 2.52. The monoisotopic (exact) mass is 474 g/mol. The zero-order valence-corrected chi connectivity index (χ0v) is 21.6. The normalized spacial score (nSPS) is 24.5. The van der Waals surface area contributed by atoms with E-state index in [1.54, 1.807) is 0 Å². The molecular formula is C31H38O2S. The quantitative estimate of drug-likeness (QED) is 0.274. The lowest BCUT2D eigenvalue weighted by atomic mass is 9.67. The van der Waals surface area contributed by atoms with Gasteiger partial charge in [-0.05, 0) is 126 Å². The smallest absolute Gasteiger partial charge is 0.189 e. The Hall–Kier alpha value is -2.23. The Morgan fingerprint density at radius 3 is 2.00 bits per heavy atom. The van der Waals surface area contributed by atoms with E-state index >= 15 is 0 Å². The Labute approximate surface area is 208 Å². The van der Waals surface area contributed by atoms with Crippen LogP contribution in [0, 0.1) is 31.6 Å². The summed E-state index contributed by atoms with van der Waals surface area (Å²) < 4.78 is 12.6. The Bertz CT molecular complexity index is 1020. The number of fused-ring (bicyclic) bond motifs is 2. The minimum absolute atomic E-state index is 0.355. The van der Waals surface area contributed by atoms with Gasteiger partial charge in [0.05, 0.1) is 6.10 Å². The van der Waals surface area contributed by atoms with Gasteiger partial charge in [-0.2, -0.15) is 10.9 Å². The van der Waals surface area contributed by atoms with E-state index in [1.807, 2.05) is 0 Å². The predicted octanol–water partition coefficient (Wildman–Crippen LogP) is 8.35. The molecule has 34 heavy (non-hydrogen) atoms. The molecule has 2 aliphatic carbocycles. The highest BCUT2D eigenvalue weighted by atomic mass is 32.2. The second-order valence-electron chi connectivity index (χ2n) is 10.4. The van der Waals surface area contributed by atoms with Crippen molar-refractivity contribution in [2.75, 3.05) is 6.79 Å². The first kappa shape index (κ1) is 23.5. The van der Waals surface area contributed by atoms with Gasteiger partial charge in [-0.25, -0.2) is 0 Å². The van der Waals surface area contributed by atoms with Gasteiger partial charge in [0.25, 0.3) is 0 Å². The minimum Gasteiger partial charge on any atom is -0.467 e. The van der Waals surface area contributed by atoms with Crippen LogP contribution in [0.1, 0.15) is 50.2 Å². The molecule has 2 fully saturated rings. The molecule has 0 heterocycles. The maximum atomic E-state index is 6.33. The number of hydrogen-bond acceptors (Lipinski definition) is 2. The zero-order valence-electron chi connectivity index (χ0n) is 20.7. The van der Waals surface area contributed by atoms with E-state index in [0.717, 1.165) is 23.5 Å². The first-order chi connectivity index (χ1) is 16.6. The molecule has 0 N–H and O–H groups in total. The summed E-state index contributed by atoms with van der Waals surface area (Å²) in [5.74, 6) is 3.47. The van der Waals surface area contributed by atoms with Gasteiger partial charge in [-0.3, -0.25) is 0 Å². The van der Waals surface area contributed by atoms with E-state index in [4.69, 9.17) is 9.47 Å². The molecule has 0 aliphatic heterocycles. The Balaban J connectivity index is 1.32. The third kappa shape index (κ3) is 5.21. The van der Waals surface area contributed by atoms with E-state index in [-0.39, 0.29) is 0 Å². The van der Waals surface area contributed by atoms with Crippen molar-refractivity contribution >= 4 is 10.9 Å². The maximum absolute atomic E-state index is 6.33. The molecule has 0 aromatic heterocycles. The molecule has 0 amide bonds. The van der Waals surface area contributed by atoms with Crippen molar-refractivity contribution in [3.63, 3.8) is 0 Å². The summed E-state index contributed by atoms with van der Waals surface area (Å²) in [6, 6.07) is 26.4. The van der Waals surface area contributed by atoms with Gasteiger partial charge < -0.3 is 9.47 Å². The van der Waals surface area contributed by atoms with Crippen LogP contribution >= 0.6 is 10.9 Å². The molecular weight excluding hydrogens is 436 g/mol. The van der Waals surface area contributed by atoms with Crippen LogP contribution in [-0.2, 0) is 4.74 Å². The fourth-order valence-corrected chi connectivity index (χ4v) is 8.74. The fraction of sp³-hybridized carbons (Fsp3) is 0.419. The third-order valence-corrected chi connectivity index (χ3v) is 10.1. The number of thiol groups is 1. The van der Waals surface area contributed by atoms with Gasteiger partial charge in [0, 0.05) is 0 Å². The van der Waals surface area contributed by atoms with Gasteiger partial charge in [0.15, 0.2) is 6.79 Å². The van der Waals surface area contributed by atoms with Crippen molar-refractivity contribution in [2.45, 2.75) is 73.7 Å². The van der Waals surface area contributed by atoms with Crippen LogP contribution in [0.4, 0.5) is 0 Å². The number of aryl methyl sites for hydroxylation is 2. The predicted molar refractivity (Wildman–Crippen MR) is 142 cm³/mol. The third-order valence-electron chi connectivity index (χ3n) is 7.68. The summed E-state index contributed by atoms with van der Waals surface area (Å²) >= 11 is 0. The van der Waals surface area contributed by atoms with Crippen molar-refractivity contribution in [1.29, 1.82) is 0 Å². The maximum Gasteiger partial charge on any atom is 0.189 e. The first-order valence-electron chi connectivity index (χ1n) is 12.8. The van der Waals surface area contributed by atoms with Crippen molar-refractivity contribution < 1.29 is 9.47 Å². The Morgan fingerprint density at radius 2 is 1.38 bits per heavy atom.